The zero-order valence-corrected chi connectivity index (χ0v) is 21.3. The Bertz CT molecular complexity index is 1220. The zero-order valence-electron chi connectivity index (χ0n) is 21.3. The van der Waals surface area contributed by atoms with Gasteiger partial charge in [0.25, 0.3) is 0 Å². The molecular weight excluding hydrogens is 436 g/mol. The molecule has 0 N–H and O–H groups in total. The van der Waals surface area contributed by atoms with Gasteiger partial charge >= 0.3 is 5.95 Å². The Hall–Kier alpha value is -4.33. The van der Waals surface area contributed by atoms with E-state index < -0.39 is 0 Å². The highest BCUT2D eigenvalue weighted by molar-refractivity contribution is 5.79. The lowest BCUT2D eigenvalue weighted by Gasteiger charge is -2.11. The Morgan fingerprint density at radius 3 is 2.00 bits per heavy atom. The molecule has 0 unspecified atom stereocenters. The second-order valence-corrected chi connectivity index (χ2v) is 8.33. The molecule has 2 aromatic heterocycles. The minimum absolute atomic E-state index is 0.812. The number of nitrogens with zero attached hydrogens (tertiary/aromatic N) is 8. The molecule has 0 aliphatic heterocycles. The summed E-state index contributed by atoms with van der Waals surface area (Å²) in [4.78, 5) is 2.05. The van der Waals surface area contributed by atoms with Gasteiger partial charge in [-0.15, -0.1) is 0 Å². The van der Waals surface area contributed by atoms with E-state index in [1.165, 1.54) is 0 Å². The van der Waals surface area contributed by atoms with Gasteiger partial charge in [-0.3, -0.25) is 5.01 Å². The second kappa shape index (κ2) is 12.2. The first kappa shape index (κ1) is 25.3. The van der Waals surface area contributed by atoms with Crippen molar-refractivity contribution in [1.29, 1.82) is 0 Å². The van der Waals surface area contributed by atoms with Gasteiger partial charge in [-0.25, -0.2) is 13.7 Å². The van der Waals surface area contributed by atoms with Crippen LogP contribution in [-0.4, -0.2) is 31.9 Å². The Labute approximate surface area is 207 Å². The van der Waals surface area contributed by atoms with Gasteiger partial charge in [-0.1, -0.05) is 23.3 Å². The number of aromatic nitrogens is 3. The van der Waals surface area contributed by atoms with Gasteiger partial charge in [-0.05, 0) is 36.4 Å². The summed E-state index contributed by atoms with van der Waals surface area (Å²) in [5.41, 5.74) is 4.16. The molecule has 4 aromatic rings. The molecular formula is C27H34N8+2. The van der Waals surface area contributed by atoms with Gasteiger partial charge < -0.3 is 4.90 Å². The molecule has 4 rings (SSSR count). The highest BCUT2D eigenvalue weighted by Gasteiger charge is 2.10. The van der Waals surface area contributed by atoms with Crippen molar-refractivity contribution < 1.29 is 9.13 Å². The molecule has 2 heterocycles. The highest BCUT2D eigenvalue weighted by Crippen LogP contribution is 2.19. The van der Waals surface area contributed by atoms with Crippen LogP contribution >= 0.6 is 0 Å². The number of hydrogen-bond acceptors (Lipinski definition) is 5. The van der Waals surface area contributed by atoms with Crippen LogP contribution in [0, 0.1) is 0 Å². The van der Waals surface area contributed by atoms with E-state index in [0.29, 0.717) is 0 Å². The smallest absolute Gasteiger partial charge is 0.378 e. The third-order valence-corrected chi connectivity index (χ3v) is 5.28. The summed E-state index contributed by atoms with van der Waals surface area (Å²) in [7, 11) is 11.9. The summed E-state index contributed by atoms with van der Waals surface area (Å²) in [5, 5.41) is 14.7. The average molecular weight is 471 g/mol. The van der Waals surface area contributed by atoms with E-state index in [9.17, 15) is 0 Å². The fraction of sp³-hybridized carbons (Fsp3) is 0.222. The van der Waals surface area contributed by atoms with Crippen molar-refractivity contribution in [3.63, 3.8) is 0 Å². The highest BCUT2D eigenvalue weighted by atomic mass is 15.4. The quantitative estimate of drug-likeness (QED) is 0.182. The van der Waals surface area contributed by atoms with Crippen molar-refractivity contribution in [2.75, 3.05) is 31.1 Å². The van der Waals surface area contributed by atoms with Crippen molar-refractivity contribution in [2.24, 2.45) is 36.5 Å². The minimum Gasteiger partial charge on any atom is -0.378 e. The predicted molar refractivity (Wildman–Crippen MR) is 142 cm³/mol. The van der Waals surface area contributed by atoms with Crippen LogP contribution in [0.3, 0.4) is 0 Å². The van der Waals surface area contributed by atoms with Crippen LogP contribution in [0.4, 0.5) is 23.0 Å². The van der Waals surface area contributed by atoms with Crippen molar-refractivity contribution in [1.82, 2.24) is 4.57 Å². The van der Waals surface area contributed by atoms with Crippen molar-refractivity contribution in [3.8, 4) is 0 Å². The molecule has 35 heavy (non-hydrogen) atoms. The number of benzene rings is 2. The zero-order chi connectivity index (χ0) is 25.2. The molecule has 180 valence electrons. The SMILES string of the molecule is CN(/N=C/c1cc[n+](C)cc1)c1ccccc1.CN(C)c1ccc(N=Nc2n(C)cc[n+]2C)cc1. The number of hydrazone groups is 1. The topological polar surface area (TPSA) is 56.2 Å². The molecule has 0 radical (unpaired) electrons. The van der Waals surface area contributed by atoms with E-state index in [0.717, 1.165) is 28.6 Å². The molecule has 0 saturated heterocycles. The Morgan fingerprint density at radius 2 is 1.43 bits per heavy atom. The van der Waals surface area contributed by atoms with Crippen molar-refractivity contribution >= 4 is 29.2 Å². The Balaban J connectivity index is 0.000000196. The van der Waals surface area contributed by atoms with Crippen LogP contribution in [0.15, 0.2) is 107 Å². The number of imidazole rings is 1. The summed E-state index contributed by atoms with van der Waals surface area (Å²) >= 11 is 0. The fourth-order valence-corrected chi connectivity index (χ4v) is 3.11. The van der Waals surface area contributed by atoms with Crippen LogP contribution in [-0.2, 0) is 21.1 Å². The molecule has 8 nitrogen and oxygen atoms in total. The lowest BCUT2D eigenvalue weighted by molar-refractivity contribution is -0.671. The molecule has 0 amide bonds. The lowest BCUT2D eigenvalue weighted by atomic mass is 10.3. The monoisotopic (exact) mass is 470 g/mol. The molecule has 0 fully saturated rings. The third kappa shape index (κ3) is 7.60. The number of rotatable bonds is 6. The second-order valence-electron chi connectivity index (χ2n) is 8.33. The Morgan fingerprint density at radius 1 is 0.771 bits per heavy atom. The van der Waals surface area contributed by atoms with Crippen molar-refractivity contribution in [2.45, 2.75) is 0 Å². The fourth-order valence-electron chi connectivity index (χ4n) is 3.11. The number of anilines is 2. The molecule has 2 aromatic carbocycles. The van der Waals surface area contributed by atoms with E-state index in [2.05, 4.69) is 20.2 Å². The summed E-state index contributed by atoms with van der Waals surface area (Å²) in [6, 6.07) is 22.1. The van der Waals surface area contributed by atoms with E-state index in [1.807, 2.05) is 159 Å². The van der Waals surface area contributed by atoms with Gasteiger partial charge in [0.2, 0.25) is 0 Å². The average Bonchev–Trinajstić information content (AvgIpc) is 3.20. The first-order chi connectivity index (χ1) is 16.8. The first-order valence-electron chi connectivity index (χ1n) is 11.3. The van der Waals surface area contributed by atoms with Crippen LogP contribution in [0.2, 0.25) is 0 Å². The molecule has 0 aliphatic carbocycles. The van der Waals surface area contributed by atoms with Gasteiger partial charge in [0.05, 0.1) is 38.4 Å². The van der Waals surface area contributed by atoms with Crippen LogP contribution in [0.1, 0.15) is 5.56 Å². The summed E-state index contributed by atoms with van der Waals surface area (Å²) < 4.78 is 5.85. The van der Waals surface area contributed by atoms with Gasteiger partial charge in [0, 0.05) is 49.6 Å². The van der Waals surface area contributed by atoms with Gasteiger partial charge in [0.15, 0.2) is 12.4 Å². The van der Waals surface area contributed by atoms with E-state index in [4.69, 9.17) is 0 Å². The van der Waals surface area contributed by atoms with Crippen molar-refractivity contribution in [3.05, 3.63) is 97.1 Å². The lowest BCUT2D eigenvalue weighted by Crippen LogP contribution is -2.25. The number of hydrogen-bond donors (Lipinski definition) is 0. The summed E-state index contributed by atoms with van der Waals surface area (Å²) in [5.74, 6) is 0.812. The first-order valence-corrected chi connectivity index (χ1v) is 11.3. The standard InChI is InChI=1S/C14H16N3.C13H18N5/c1-16-10-8-13(9-11-16)12-15-17(2)14-6-4-3-5-7-14;1-16(2)12-7-5-11(6-8-12)14-15-13-17(3)9-10-18(13)4/h3-12H,1-2H3;5-10H,1-4H3/q2*+1. The molecule has 0 atom stereocenters. The summed E-state index contributed by atoms with van der Waals surface area (Å²) in [6.07, 6.45) is 9.76. The van der Waals surface area contributed by atoms with Crippen LogP contribution in [0.5, 0.6) is 0 Å². The van der Waals surface area contributed by atoms with Gasteiger partial charge in [0.1, 0.15) is 12.7 Å². The van der Waals surface area contributed by atoms with Crippen LogP contribution < -0.4 is 19.0 Å². The largest absolute Gasteiger partial charge is 0.421 e. The van der Waals surface area contributed by atoms with Crippen LogP contribution in [0.25, 0.3) is 0 Å². The van der Waals surface area contributed by atoms with Gasteiger partial charge in [-0.2, -0.15) is 5.10 Å². The molecule has 0 bridgehead atoms. The number of aryl methyl sites for hydroxylation is 3. The van der Waals surface area contributed by atoms with E-state index >= 15 is 0 Å². The molecule has 0 saturated carbocycles. The number of azo groups is 1. The van der Waals surface area contributed by atoms with E-state index in [-0.39, 0.29) is 0 Å². The van der Waals surface area contributed by atoms with E-state index in [1.54, 1.807) is 0 Å². The normalized spacial score (nSPS) is 10.9. The molecule has 8 heteroatoms. The number of pyridine rings is 1. The number of para-hydroxylation sites is 1. The maximum atomic E-state index is 4.39. The Kier molecular flexibility index (Phi) is 8.83. The molecule has 0 aliphatic rings. The third-order valence-electron chi connectivity index (χ3n) is 5.28. The maximum Gasteiger partial charge on any atom is 0.421 e. The maximum absolute atomic E-state index is 4.39. The summed E-state index contributed by atoms with van der Waals surface area (Å²) in [6.45, 7) is 0. The minimum atomic E-state index is 0.812. The predicted octanol–water partition coefficient (Wildman–Crippen LogP) is 4.31. The molecule has 0 spiro atoms.